The molecule has 1 aromatic carbocycles. The van der Waals surface area contributed by atoms with E-state index in [-0.39, 0.29) is 0 Å². The van der Waals surface area contributed by atoms with Crippen molar-refractivity contribution in [3.8, 4) is 11.1 Å². The van der Waals surface area contributed by atoms with Crippen LogP contribution in [0.25, 0.3) is 11.1 Å². The molecule has 1 nitrogen and oxygen atoms in total. The Bertz CT molecular complexity index is 511. The van der Waals surface area contributed by atoms with Crippen LogP contribution in [0.2, 0.25) is 0 Å². The Kier molecular flexibility index (Phi) is 3.62. The van der Waals surface area contributed by atoms with E-state index in [9.17, 15) is 0 Å². The third kappa shape index (κ3) is 2.45. The molecule has 0 unspecified atom stereocenters. The van der Waals surface area contributed by atoms with E-state index in [1.807, 2.05) is 25.1 Å². The highest BCUT2D eigenvalue weighted by atomic mass is 79.9. The Labute approximate surface area is 109 Å². The maximum atomic E-state index is 5.92. The predicted octanol–water partition coefficient (Wildman–Crippen LogP) is 4.56. The van der Waals surface area contributed by atoms with Crippen LogP contribution in [0.1, 0.15) is 11.4 Å². The highest BCUT2D eigenvalue weighted by molar-refractivity contribution is 9.10. The quantitative estimate of drug-likeness (QED) is 0.740. The molecule has 1 aromatic heterocycles. The summed E-state index contributed by atoms with van der Waals surface area (Å²) >= 11 is 9.39. The fourth-order valence-corrected chi connectivity index (χ4v) is 2.23. The molecule has 0 amide bonds. The minimum atomic E-state index is 0.434. The van der Waals surface area contributed by atoms with Crippen molar-refractivity contribution in [2.24, 2.45) is 0 Å². The molecular weight excluding hydrogens is 286 g/mol. The lowest BCUT2D eigenvalue weighted by Gasteiger charge is -2.07. The Hall–Kier alpha value is -0.860. The number of rotatable bonds is 2. The number of halogens is 2. The lowest BCUT2D eigenvalue weighted by atomic mass is 10.0. The normalized spacial score (nSPS) is 10.4. The molecule has 0 aliphatic carbocycles. The first-order valence-electron chi connectivity index (χ1n) is 4.99. The Balaban J connectivity index is 2.55. The fraction of sp³-hybridized carbons (Fsp3) is 0.154. The second-order valence-electron chi connectivity index (χ2n) is 3.59. The van der Waals surface area contributed by atoms with E-state index in [4.69, 9.17) is 11.6 Å². The molecule has 2 aromatic rings. The van der Waals surface area contributed by atoms with Crippen molar-refractivity contribution in [1.82, 2.24) is 4.98 Å². The highest BCUT2D eigenvalue weighted by Crippen LogP contribution is 2.26. The second-order valence-corrected chi connectivity index (χ2v) is 4.77. The molecular formula is C13H11BrClN. The van der Waals surface area contributed by atoms with E-state index < -0.39 is 0 Å². The van der Waals surface area contributed by atoms with Gasteiger partial charge in [0, 0.05) is 15.7 Å². The summed E-state index contributed by atoms with van der Waals surface area (Å²) in [5, 5.41) is 0. The van der Waals surface area contributed by atoms with Crippen molar-refractivity contribution >= 4 is 27.5 Å². The molecule has 0 aliphatic heterocycles. The van der Waals surface area contributed by atoms with Crippen LogP contribution in [0.5, 0.6) is 0 Å². The van der Waals surface area contributed by atoms with Gasteiger partial charge in [-0.1, -0.05) is 34.1 Å². The van der Waals surface area contributed by atoms with Crippen LogP contribution < -0.4 is 0 Å². The van der Waals surface area contributed by atoms with Gasteiger partial charge in [0.2, 0.25) is 0 Å². The minimum absolute atomic E-state index is 0.434. The Morgan fingerprint density at radius 2 is 2.06 bits per heavy atom. The van der Waals surface area contributed by atoms with Gasteiger partial charge >= 0.3 is 0 Å². The van der Waals surface area contributed by atoms with E-state index in [2.05, 4.69) is 39.1 Å². The molecule has 16 heavy (non-hydrogen) atoms. The Morgan fingerprint density at radius 3 is 2.75 bits per heavy atom. The van der Waals surface area contributed by atoms with Crippen molar-refractivity contribution in [1.29, 1.82) is 0 Å². The van der Waals surface area contributed by atoms with Crippen molar-refractivity contribution in [3.05, 3.63) is 52.3 Å². The molecule has 0 saturated heterocycles. The zero-order chi connectivity index (χ0) is 11.5. The van der Waals surface area contributed by atoms with Gasteiger partial charge in [0.1, 0.15) is 0 Å². The first-order chi connectivity index (χ1) is 7.70. The summed E-state index contributed by atoms with van der Waals surface area (Å²) in [5.41, 5.74) is 4.16. The number of benzene rings is 1. The number of aromatic nitrogens is 1. The number of pyridine rings is 1. The van der Waals surface area contributed by atoms with Gasteiger partial charge in [0.05, 0.1) is 11.6 Å². The Morgan fingerprint density at radius 1 is 1.25 bits per heavy atom. The lowest BCUT2D eigenvalue weighted by molar-refractivity contribution is 1.11. The minimum Gasteiger partial charge on any atom is -0.256 e. The molecule has 0 radical (unpaired) electrons. The summed E-state index contributed by atoms with van der Waals surface area (Å²) in [7, 11) is 0. The molecule has 2 rings (SSSR count). The van der Waals surface area contributed by atoms with Crippen molar-refractivity contribution < 1.29 is 0 Å². The van der Waals surface area contributed by atoms with E-state index >= 15 is 0 Å². The molecule has 0 N–H and O–H groups in total. The van der Waals surface area contributed by atoms with Gasteiger partial charge in [-0.15, -0.1) is 11.6 Å². The monoisotopic (exact) mass is 295 g/mol. The van der Waals surface area contributed by atoms with E-state index in [0.29, 0.717) is 5.88 Å². The zero-order valence-corrected chi connectivity index (χ0v) is 11.2. The standard InChI is InChI=1S/C13H11BrClN/c1-9-5-6-12(13(8-15)16-9)10-3-2-4-11(14)7-10/h2-7H,8H2,1H3. The zero-order valence-electron chi connectivity index (χ0n) is 8.87. The molecule has 0 bridgehead atoms. The number of hydrogen-bond acceptors (Lipinski definition) is 1. The van der Waals surface area contributed by atoms with Crippen LogP contribution in [0.15, 0.2) is 40.9 Å². The summed E-state index contributed by atoms with van der Waals surface area (Å²) in [6.07, 6.45) is 0. The summed E-state index contributed by atoms with van der Waals surface area (Å²) in [5.74, 6) is 0.434. The first-order valence-corrected chi connectivity index (χ1v) is 6.32. The maximum Gasteiger partial charge on any atom is 0.0653 e. The van der Waals surface area contributed by atoms with Gasteiger partial charge in [-0.2, -0.15) is 0 Å². The molecule has 0 aliphatic rings. The van der Waals surface area contributed by atoms with Gasteiger partial charge in [0.25, 0.3) is 0 Å². The smallest absolute Gasteiger partial charge is 0.0653 e. The summed E-state index contributed by atoms with van der Waals surface area (Å²) < 4.78 is 1.06. The van der Waals surface area contributed by atoms with Crippen molar-refractivity contribution in [2.75, 3.05) is 0 Å². The molecule has 3 heteroatoms. The van der Waals surface area contributed by atoms with Crippen LogP contribution >= 0.6 is 27.5 Å². The molecule has 1 heterocycles. The third-order valence-corrected chi connectivity index (χ3v) is 3.12. The van der Waals surface area contributed by atoms with Crippen LogP contribution in [-0.2, 0) is 5.88 Å². The summed E-state index contributed by atoms with van der Waals surface area (Å²) in [6, 6.07) is 12.2. The third-order valence-electron chi connectivity index (χ3n) is 2.38. The highest BCUT2D eigenvalue weighted by Gasteiger charge is 2.06. The van der Waals surface area contributed by atoms with Crippen LogP contribution in [0, 0.1) is 6.92 Å². The van der Waals surface area contributed by atoms with Gasteiger partial charge in [-0.05, 0) is 30.7 Å². The average molecular weight is 297 g/mol. The number of aryl methyl sites for hydroxylation is 1. The summed E-state index contributed by atoms with van der Waals surface area (Å²) in [6.45, 7) is 1.97. The van der Waals surface area contributed by atoms with Crippen molar-refractivity contribution in [2.45, 2.75) is 12.8 Å². The van der Waals surface area contributed by atoms with Gasteiger partial charge in [-0.25, -0.2) is 0 Å². The fourth-order valence-electron chi connectivity index (χ4n) is 1.63. The molecule has 0 saturated carbocycles. The second kappa shape index (κ2) is 4.98. The number of hydrogen-bond donors (Lipinski definition) is 0. The van der Waals surface area contributed by atoms with Gasteiger partial charge < -0.3 is 0 Å². The average Bonchev–Trinajstić information content (AvgIpc) is 2.28. The summed E-state index contributed by atoms with van der Waals surface area (Å²) in [4.78, 5) is 4.45. The topological polar surface area (TPSA) is 12.9 Å². The van der Waals surface area contributed by atoms with Crippen LogP contribution in [-0.4, -0.2) is 4.98 Å². The van der Waals surface area contributed by atoms with Gasteiger partial charge in [0.15, 0.2) is 0 Å². The van der Waals surface area contributed by atoms with Gasteiger partial charge in [-0.3, -0.25) is 4.98 Å². The van der Waals surface area contributed by atoms with E-state index in [1.54, 1.807) is 0 Å². The lowest BCUT2D eigenvalue weighted by Crippen LogP contribution is -1.93. The number of alkyl halides is 1. The molecule has 0 spiro atoms. The first kappa shape index (κ1) is 11.6. The molecule has 82 valence electrons. The maximum absolute atomic E-state index is 5.92. The van der Waals surface area contributed by atoms with Crippen LogP contribution in [0.4, 0.5) is 0 Å². The van der Waals surface area contributed by atoms with E-state index in [0.717, 1.165) is 27.0 Å². The largest absolute Gasteiger partial charge is 0.256 e. The SMILES string of the molecule is Cc1ccc(-c2cccc(Br)c2)c(CCl)n1. The number of nitrogens with zero attached hydrogens (tertiary/aromatic N) is 1. The van der Waals surface area contributed by atoms with Crippen molar-refractivity contribution in [3.63, 3.8) is 0 Å². The van der Waals surface area contributed by atoms with E-state index in [1.165, 1.54) is 0 Å². The van der Waals surface area contributed by atoms with Crippen LogP contribution in [0.3, 0.4) is 0 Å². The molecule has 0 fully saturated rings. The molecule has 0 atom stereocenters. The predicted molar refractivity (Wildman–Crippen MR) is 71.7 cm³/mol.